The molecule has 0 aliphatic heterocycles. The van der Waals surface area contributed by atoms with E-state index in [2.05, 4.69) is 5.32 Å². The molecular formula is C18H26ClNO5. The van der Waals surface area contributed by atoms with Gasteiger partial charge in [-0.2, -0.15) is 0 Å². The Morgan fingerprint density at radius 1 is 1.16 bits per heavy atom. The van der Waals surface area contributed by atoms with Crippen molar-refractivity contribution >= 4 is 23.5 Å². The van der Waals surface area contributed by atoms with Gasteiger partial charge in [0.1, 0.15) is 0 Å². The highest BCUT2D eigenvalue weighted by molar-refractivity contribution is 6.32. The molecule has 0 saturated carbocycles. The molecule has 0 fully saturated rings. The van der Waals surface area contributed by atoms with Gasteiger partial charge in [-0.25, -0.2) is 4.79 Å². The first kappa shape index (κ1) is 21.1. The summed E-state index contributed by atoms with van der Waals surface area (Å²) >= 11 is 6.23. The lowest BCUT2D eigenvalue weighted by molar-refractivity contribution is -0.129. The van der Waals surface area contributed by atoms with Crippen LogP contribution in [0.1, 0.15) is 51.4 Å². The Kier molecular flexibility index (Phi) is 8.55. The third-order valence-electron chi connectivity index (χ3n) is 3.08. The first-order valence-electron chi connectivity index (χ1n) is 8.40. The number of halogens is 1. The van der Waals surface area contributed by atoms with Crippen LogP contribution in [0.4, 0.5) is 0 Å². The summed E-state index contributed by atoms with van der Waals surface area (Å²) in [6.07, 6.45) is -0.103. The van der Waals surface area contributed by atoms with Gasteiger partial charge >= 0.3 is 5.97 Å². The minimum atomic E-state index is -0.916. The second-order valence-corrected chi connectivity index (χ2v) is 6.18. The molecule has 1 aromatic rings. The van der Waals surface area contributed by atoms with E-state index in [1.165, 1.54) is 19.1 Å². The van der Waals surface area contributed by atoms with Crippen LogP contribution >= 0.6 is 11.6 Å². The second kappa shape index (κ2) is 10.1. The summed E-state index contributed by atoms with van der Waals surface area (Å²) in [5.74, 6) is -0.249. The molecule has 1 rings (SSSR count). The van der Waals surface area contributed by atoms with Crippen LogP contribution in [-0.4, -0.2) is 37.2 Å². The van der Waals surface area contributed by atoms with Gasteiger partial charge in [-0.1, -0.05) is 18.5 Å². The normalized spacial score (nSPS) is 11.8. The fourth-order valence-electron chi connectivity index (χ4n) is 1.98. The minimum Gasteiger partial charge on any atom is -0.490 e. The van der Waals surface area contributed by atoms with Crippen molar-refractivity contribution in [2.45, 2.75) is 53.2 Å². The Balaban J connectivity index is 2.96. The number of carbonyl (C=O) groups excluding carboxylic acids is 2. The molecule has 0 heterocycles. The summed E-state index contributed by atoms with van der Waals surface area (Å²) < 4.78 is 16.3. The van der Waals surface area contributed by atoms with Crippen molar-refractivity contribution in [3.05, 3.63) is 22.7 Å². The smallest absolute Gasteiger partial charge is 0.339 e. The van der Waals surface area contributed by atoms with Gasteiger partial charge in [0.05, 0.1) is 23.8 Å². The lowest BCUT2D eigenvalue weighted by atomic mass is 10.2. The van der Waals surface area contributed by atoms with Crippen molar-refractivity contribution in [3.63, 3.8) is 0 Å². The van der Waals surface area contributed by atoms with E-state index in [0.717, 1.165) is 6.42 Å². The molecule has 0 bridgehead atoms. The van der Waals surface area contributed by atoms with Crippen molar-refractivity contribution < 1.29 is 23.8 Å². The highest BCUT2D eigenvalue weighted by Crippen LogP contribution is 2.37. The number of hydrogen-bond donors (Lipinski definition) is 1. The molecule has 6 nitrogen and oxygen atoms in total. The molecule has 1 N–H and O–H groups in total. The van der Waals surface area contributed by atoms with Gasteiger partial charge in [-0.3, -0.25) is 4.79 Å². The molecular weight excluding hydrogens is 346 g/mol. The van der Waals surface area contributed by atoms with Crippen LogP contribution in [0.25, 0.3) is 0 Å². The molecule has 140 valence electrons. The number of nitrogens with one attached hydrogen (secondary N) is 1. The lowest BCUT2D eigenvalue weighted by Gasteiger charge is -2.17. The molecule has 0 unspecified atom stereocenters. The second-order valence-electron chi connectivity index (χ2n) is 5.78. The highest BCUT2D eigenvalue weighted by atomic mass is 35.5. The van der Waals surface area contributed by atoms with Crippen LogP contribution < -0.4 is 14.8 Å². The van der Waals surface area contributed by atoms with Crippen LogP contribution in [0.2, 0.25) is 5.02 Å². The summed E-state index contributed by atoms with van der Waals surface area (Å²) in [4.78, 5) is 24.2. The van der Waals surface area contributed by atoms with Gasteiger partial charge in [-0.15, -0.1) is 0 Å². The summed E-state index contributed by atoms with van der Waals surface area (Å²) in [6.45, 7) is 9.84. The van der Waals surface area contributed by atoms with E-state index < -0.39 is 12.1 Å². The molecule has 1 amide bonds. The average Bonchev–Trinajstić information content (AvgIpc) is 2.53. The van der Waals surface area contributed by atoms with Crippen LogP contribution in [0.5, 0.6) is 11.5 Å². The molecule has 0 aliphatic rings. The first-order chi connectivity index (χ1) is 11.8. The van der Waals surface area contributed by atoms with Crippen LogP contribution in [0.15, 0.2) is 12.1 Å². The minimum absolute atomic E-state index is 0.0392. The molecule has 1 aromatic carbocycles. The zero-order chi connectivity index (χ0) is 19.0. The van der Waals surface area contributed by atoms with Crippen LogP contribution in [0, 0.1) is 0 Å². The number of ether oxygens (including phenoxy) is 3. The Morgan fingerprint density at radius 2 is 1.84 bits per heavy atom. The molecule has 0 radical (unpaired) electrons. The predicted molar refractivity (Wildman–Crippen MR) is 96.6 cm³/mol. The fourth-order valence-corrected chi connectivity index (χ4v) is 2.24. The number of hydrogen-bond acceptors (Lipinski definition) is 5. The first-order valence-corrected chi connectivity index (χ1v) is 8.78. The lowest BCUT2D eigenvalue weighted by Crippen LogP contribution is -2.39. The number of amides is 1. The van der Waals surface area contributed by atoms with E-state index in [0.29, 0.717) is 24.7 Å². The van der Waals surface area contributed by atoms with Crippen molar-refractivity contribution in [2.24, 2.45) is 0 Å². The summed E-state index contributed by atoms with van der Waals surface area (Å²) in [7, 11) is 0. The fraction of sp³-hybridized carbons (Fsp3) is 0.556. The maximum Gasteiger partial charge on any atom is 0.339 e. The topological polar surface area (TPSA) is 73.9 Å². The summed E-state index contributed by atoms with van der Waals surface area (Å²) in [5, 5.41) is 2.94. The van der Waals surface area contributed by atoms with Crippen LogP contribution in [-0.2, 0) is 9.53 Å². The highest BCUT2D eigenvalue weighted by Gasteiger charge is 2.22. The van der Waals surface area contributed by atoms with Gasteiger partial charge in [0, 0.05) is 6.04 Å². The maximum atomic E-state index is 12.3. The predicted octanol–water partition coefficient (Wildman–Crippen LogP) is 3.60. The van der Waals surface area contributed by atoms with E-state index in [-0.39, 0.29) is 22.5 Å². The largest absolute Gasteiger partial charge is 0.490 e. The number of benzene rings is 1. The molecule has 1 atom stereocenters. The number of esters is 1. The Hall–Kier alpha value is -1.95. The molecule has 0 aliphatic carbocycles. The van der Waals surface area contributed by atoms with E-state index in [9.17, 15) is 9.59 Å². The third kappa shape index (κ3) is 6.46. The van der Waals surface area contributed by atoms with E-state index in [1.54, 1.807) is 0 Å². The standard InChI is InChI=1S/C18H26ClNO5/c1-6-8-24-16-14(19)9-13(10-15(16)23-7-2)18(22)25-12(5)17(21)20-11(3)4/h9-12H,6-8H2,1-5H3,(H,20,21)/t12-/m1/s1. The van der Waals surface area contributed by atoms with Crippen LogP contribution in [0.3, 0.4) is 0 Å². The molecule has 0 saturated heterocycles. The molecule has 7 heteroatoms. The van der Waals surface area contributed by atoms with Gasteiger partial charge in [0.2, 0.25) is 0 Å². The van der Waals surface area contributed by atoms with Gasteiger partial charge in [-0.05, 0) is 46.2 Å². The SMILES string of the molecule is CCCOc1c(Cl)cc(C(=O)O[C@H](C)C(=O)NC(C)C)cc1OCC. The van der Waals surface area contributed by atoms with E-state index in [1.807, 2.05) is 27.7 Å². The number of rotatable bonds is 9. The molecule has 0 spiro atoms. The zero-order valence-electron chi connectivity index (χ0n) is 15.3. The average molecular weight is 372 g/mol. The third-order valence-corrected chi connectivity index (χ3v) is 3.36. The van der Waals surface area contributed by atoms with Crippen molar-refractivity contribution in [3.8, 4) is 11.5 Å². The van der Waals surface area contributed by atoms with E-state index in [4.69, 9.17) is 25.8 Å². The van der Waals surface area contributed by atoms with Crippen molar-refractivity contribution in [2.75, 3.05) is 13.2 Å². The molecule has 0 aromatic heterocycles. The van der Waals surface area contributed by atoms with E-state index >= 15 is 0 Å². The van der Waals surface area contributed by atoms with Gasteiger partial charge in [0.15, 0.2) is 17.6 Å². The quantitative estimate of drug-likeness (QED) is 0.671. The Morgan fingerprint density at radius 3 is 2.40 bits per heavy atom. The zero-order valence-corrected chi connectivity index (χ0v) is 16.1. The maximum absolute atomic E-state index is 12.3. The van der Waals surface area contributed by atoms with Gasteiger partial charge < -0.3 is 19.5 Å². The monoisotopic (exact) mass is 371 g/mol. The van der Waals surface area contributed by atoms with Crippen molar-refractivity contribution in [1.29, 1.82) is 0 Å². The summed E-state index contributed by atoms with van der Waals surface area (Å²) in [5.41, 5.74) is 0.196. The van der Waals surface area contributed by atoms with Crippen molar-refractivity contribution in [1.82, 2.24) is 5.32 Å². The number of carbonyl (C=O) groups is 2. The molecule has 25 heavy (non-hydrogen) atoms. The Labute approximate surface area is 153 Å². The Bertz CT molecular complexity index is 603. The van der Waals surface area contributed by atoms with Gasteiger partial charge in [0.25, 0.3) is 5.91 Å². The summed E-state index contributed by atoms with van der Waals surface area (Å²) in [6, 6.07) is 2.92.